The Morgan fingerprint density at radius 1 is 0.929 bits per heavy atom. The van der Waals surface area contributed by atoms with Gasteiger partial charge in [-0.05, 0) is 41.0 Å². The molecule has 0 aliphatic rings. The molecule has 1 aromatic carbocycles. The Kier molecular flexibility index (Phi) is 7.32. The van der Waals surface area contributed by atoms with Crippen LogP contribution in [0.5, 0.6) is 0 Å². The highest BCUT2D eigenvalue weighted by molar-refractivity contribution is 6.05. The first kappa shape index (κ1) is 21.6. The number of anilines is 1. The number of amides is 2. The number of benzene rings is 1. The standard InChI is InChI=1S/C23H31N3O2/c1-14(2)13-25-22(27)17-10-11-24-20(12-17)23(28)26-21-18(15(3)4)8-7-9-19(21)16(5)6/h7-12,14-16H,13H2,1-6H3,(H,25,27)(H,26,28). The van der Waals surface area contributed by atoms with Crippen molar-refractivity contribution in [1.82, 2.24) is 10.3 Å². The van der Waals surface area contributed by atoms with Gasteiger partial charge in [0.05, 0.1) is 0 Å². The molecule has 5 heteroatoms. The molecule has 0 unspecified atom stereocenters. The van der Waals surface area contributed by atoms with Crippen LogP contribution in [0.15, 0.2) is 36.5 Å². The molecule has 0 saturated carbocycles. The number of rotatable bonds is 7. The number of nitrogens with one attached hydrogen (secondary N) is 2. The molecule has 0 atom stereocenters. The van der Waals surface area contributed by atoms with Crippen molar-refractivity contribution in [1.29, 1.82) is 0 Å². The molecule has 2 N–H and O–H groups in total. The summed E-state index contributed by atoms with van der Waals surface area (Å²) in [5, 5.41) is 5.91. The SMILES string of the molecule is CC(C)CNC(=O)c1ccnc(C(=O)Nc2c(C(C)C)cccc2C(C)C)c1. The summed E-state index contributed by atoms with van der Waals surface area (Å²) in [7, 11) is 0. The van der Waals surface area contributed by atoms with Gasteiger partial charge in [-0.1, -0.05) is 59.7 Å². The van der Waals surface area contributed by atoms with Gasteiger partial charge >= 0.3 is 0 Å². The van der Waals surface area contributed by atoms with E-state index < -0.39 is 0 Å². The van der Waals surface area contributed by atoms with Crippen LogP contribution in [0.25, 0.3) is 0 Å². The molecule has 1 aromatic heterocycles. The van der Waals surface area contributed by atoms with Crippen LogP contribution in [0.1, 0.15) is 85.4 Å². The van der Waals surface area contributed by atoms with Crippen molar-refractivity contribution in [3.05, 3.63) is 58.9 Å². The molecule has 0 saturated heterocycles. The predicted octanol–water partition coefficient (Wildman–Crippen LogP) is 4.97. The van der Waals surface area contributed by atoms with Crippen molar-refractivity contribution in [3.63, 3.8) is 0 Å². The van der Waals surface area contributed by atoms with E-state index >= 15 is 0 Å². The van der Waals surface area contributed by atoms with Gasteiger partial charge in [-0.3, -0.25) is 14.6 Å². The monoisotopic (exact) mass is 381 g/mol. The first-order valence-corrected chi connectivity index (χ1v) is 9.89. The lowest BCUT2D eigenvalue weighted by molar-refractivity contribution is 0.0949. The summed E-state index contributed by atoms with van der Waals surface area (Å²) in [5.74, 6) is 0.393. The Labute approximate surface area is 168 Å². The number of hydrogen-bond acceptors (Lipinski definition) is 3. The van der Waals surface area contributed by atoms with E-state index in [0.29, 0.717) is 18.0 Å². The molecule has 0 aliphatic carbocycles. The Bertz CT molecular complexity index is 815. The molecule has 1 heterocycles. The van der Waals surface area contributed by atoms with Gasteiger partial charge in [0.15, 0.2) is 0 Å². The third-order valence-electron chi connectivity index (χ3n) is 4.54. The van der Waals surface area contributed by atoms with Crippen LogP contribution in [0, 0.1) is 5.92 Å². The summed E-state index contributed by atoms with van der Waals surface area (Å²) in [4.78, 5) is 29.4. The van der Waals surface area contributed by atoms with E-state index in [1.54, 1.807) is 6.07 Å². The third-order valence-corrected chi connectivity index (χ3v) is 4.54. The highest BCUT2D eigenvalue weighted by atomic mass is 16.2. The summed E-state index contributed by atoms with van der Waals surface area (Å²) < 4.78 is 0. The van der Waals surface area contributed by atoms with E-state index in [-0.39, 0.29) is 29.3 Å². The molecule has 0 aliphatic heterocycles. The van der Waals surface area contributed by atoms with Crippen LogP contribution >= 0.6 is 0 Å². The zero-order valence-corrected chi connectivity index (χ0v) is 17.7. The van der Waals surface area contributed by atoms with Crippen LogP contribution in [0.3, 0.4) is 0 Å². The van der Waals surface area contributed by atoms with Crippen LogP contribution in [0.4, 0.5) is 5.69 Å². The summed E-state index contributed by atoms with van der Waals surface area (Å²) in [5.41, 5.74) is 3.68. The molecular formula is C23H31N3O2. The molecule has 28 heavy (non-hydrogen) atoms. The lowest BCUT2D eigenvalue weighted by Crippen LogP contribution is -2.27. The smallest absolute Gasteiger partial charge is 0.274 e. The second-order valence-corrected chi connectivity index (χ2v) is 8.11. The average Bonchev–Trinajstić information content (AvgIpc) is 2.65. The molecule has 0 spiro atoms. The molecule has 5 nitrogen and oxygen atoms in total. The number of para-hydroxylation sites is 1. The maximum absolute atomic E-state index is 12.9. The van der Waals surface area contributed by atoms with Gasteiger partial charge in [0.2, 0.25) is 0 Å². The zero-order chi connectivity index (χ0) is 20.8. The highest BCUT2D eigenvalue weighted by Gasteiger charge is 2.18. The average molecular weight is 382 g/mol. The Hall–Kier alpha value is -2.69. The van der Waals surface area contributed by atoms with Crippen molar-refractivity contribution in [3.8, 4) is 0 Å². The number of aromatic nitrogens is 1. The molecule has 0 fully saturated rings. The molecule has 0 bridgehead atoms. The van der Waals surface area contributed by atoms with Gasteiger partial charge < -0.3 is 10.6 Å². The molecular weight excluding hydrogens is 350 g/mol. The Morgan fingerprint density at radius 2 is 1.54 bits per heavy atom. The molecule has 2 amide bonds. The van der Waals surface area contributed by atoms with Gasteiger partial charge in [-0.2, -0.15) is 0 Å². The highest BCUT2D eigenvalue weighted by Crippen LogP contribution is 2.32. The van der Waals surface area contributed by atoms with Gasteiger partial charge in [0.1, 0.15) is 5.69 Å². The van der Waals surface area contributed by atoms with E-state index in [1.807, 2.05) is 32.0 Å². The van der Waals surface area contributed by atoms with Crippen molar-refractivity contribution >= 4 is 17.5 Å². The molecule has 150 valence electrons. The summed E-state index contributed by atoms with van der Waals surface area (Å²) in [6.07, 6.45) is 1.50. The third kappa shape index (κ3) is 5.41. The molecule has 2 rings (SSSR count). The Balaban J connectivity index is 2.29. The van der Waals surface area contributed by atoms with Crippen molar-refractivity contribution in [2.24, 2.45) is 5.92 Å². The topological polar surface area (TPSA) is 71.1 Å². The second-order valence-electron chi connectivity index (χ2n) is 8.11. The van der Waals surface area contributed by atoms with Crippen molar-refractivity contribution in [2.75, 3.05) is 11.9 Å². The number of pyridine rings is 1. The maximum Gasteiger partial charge on any atom is 0.274 e. The number of carbonyl (C=O) groups is 2. The fourth-order valence-electron chi connectivity index (χ4n) is 2.97. The quantitative estimate of drug-likeness (QED) is 0.711. The van der Waals surface area contributed by atoms with Gasteiger partial charge in [-0.15, -0.1) is 0 Å². The second kappa shape index (κ2) is 9.49. The number of hydrogen-bond donors (Lipinski definition) is 2. The fraction of sp³-hybridized carbons (Fsp3) is 0.435. The number of carbonyl (C=O) groups excluding carboxylic acids is 2. The minimum atomic E-state index is -0.312. The first-order valence-electron chi connectivity index (χ1n) is 9.89. The lowest BCUT2D eigenvalue weighted by atomic mass is 9.92. The van der Waals surface area contributed by atoms with Crippen LogP contribution < -0.4 is 10.6 Å². The summed E-state index contributed by atoms with van der Waals surface area (Å²) >= 11 is 0. The van der Waals surface area contributed by atoms with Crippen LogP contribution in [0.2, 0.25) is 0 Å². The fourth-order valence-corrected chi connectivity index (χ4v) is 2.97. The van der Waals surface area contributed by atoms with E-state index in [9.17, 15) is 9.59 Å². The van der Waals surface area contributed by atoms with Gasteiger partial charge in [-0.25, -0.2) is 0 Å². The Morgan fingerprint density at radius 3 is 2.07 bits per heavy atom. The minimum absolute atomic E-state index is 0.199. The van der Waals surface area contributed by atoms with E-state index in [2.05, 4.69) is 43.3 Å². The van der Waals surface area contributed by atoms with Crippen molar-refractivity contribution < 1.29 is 9.59 Å². The first-order chi connectivity index (χ1) is 13.2. The van der Waals surface area contributed by atoms with Gasteiger partial charge in [0.25, 0.3) is 11.8 Å². The maximum atomic E-state index is 12.9. The summed E-state index contributed by atoms with van der Waals surface area (Å²) in [6, 6.07) is 9.26. The van der Waals surface area contributed by atoms with E-state index in [1.165, 1.54) is 12.3 Å². The predicted molar refractivity (Wildman–Crippen MR) is 114 cm³/mol. The normalized spacial score (nSPS) is 11.2. The zero-order valence-electron chi connectivity index (χ0n) is 17.7. The van der Waals surface area contributed by atoms with Crippen molar-refractivity contribution in [2.45, 2.75) is 53.4 Å². The van der Waals surface area contributed by atoms with E-state index in [4.69, 9.17) is 0 Å². The van der Waals surface area contributed by atoms with Crippen LogP contribution in [-0.2, 0) is 0 Å². The van der Waals surface area contributed by atoms with Crippen LogP contribution in [-0.4, -0.2) is 23.3 Å². The molecule has 0 radical (unpaired) electrons. The van der Waals surface area contributed by atoms with Gasteiger partial charge in [0, 0.05) is 24.0 Å². The largest absolute Gasteiger partial charge is 0.352 e. The van der Waals surface area contributed by atoms with E-state index in [0.717, 1.165) is 16.8 Å². The lowest BCUT2D eigenvalue weighted by Gasteiger charge is -2.20. The minimum Gasteiger partial charge on any atom is -0.352 e. The molecule has 2 aromatic rings. The summed E-state index contributed by atoms with van der Waals surface area (Å²) in [6.45, 7) is 13.1. The number of nitrogens with zero attached hydrogens (tertiary/aromatic N) is 1.